The second kappa shape index (κ2) is 5.14. The van der Waals surface area contributed by atoms with E-state index in [0.29, 0.717) is 12.3 Å². The Kier molecular flexibility index (Phi) is 4.12. The van der Waals surface area contributed by atoms with Gasteiger partial charge in [-0.05, 0) is 62.1 Å². The summed E-state index contributed by atoms with van der Waals surface area (Å²) in [6.45, 7) is 4.62. The largest absolute Gasteiger partial charge is 0.508 e. The summed E-state index contributed by atoms with van der Waals surface area (Å²) < 4.78 is 0. The first-order chi connectivity index (χ1) is 7.06. The molecule has 0 saturated carbocycles. The highest BCUT2D eigenvalue weighted by molar-refractivity contribution is 5.42. The quantitative estimate of drug-likeness (QED) is 0.705. The van der Waals surface area contributed by atoms with E-state index in [2.05, 4.69) is 0 Å². The first-order valence-electron chi connectivity index (χ1n) is 5.32. The van der Waals surface area contributed by atoms with Crippen LogP contribution in [0.25, 0.3) is 0 Å². The fourth-order valence-corrected chi connectivity index (χ4v) is 2.02. The number of phenolic OH excluding ortho intramolecular Hbond substituents is 1. The molecule has 0 aliphatic heterocycles. The lowest BCUT2D eigenvalue weighted by atomic mass is 9.93. The van der Waals surface area contributed by atoms with Crippen molar-refractivity contribution >= 4 is 0 Å². The Balaban J connectivity index is 2.92. The van der Waals surface area contributed by atoms with E-state index in [4.69, 9.17) is 11.5 Å². The van der Waals surface area contributed by atoms with Crippen LogP contribution in [0.15, 0.2) is 12.1 Å². The SMILES string of the molecule is Cc1cc(O)cc(C)c1[C@@H](N)CCCN. The van der Waals surface area contributed by atoms with Gasteiger partial charge in [0.05, 0.1) is 0 Å². The fraction of sp³-hybridized carbons (Fsp3) is 0.500. The summed E-state index contributed by atoms with van der Waals surface area (Å²) >= 11 is 0. The Morgan fingerprint density at radius 1 is 1.27 bits per heavy atom. The lowest BCUT2D eigenvalue weighted by Gasteiger charge is -2.17. The number of aryl methyl sites for hydroxylation is 2. The second-order valence-corrected chi connectivity index (χ2v) is 4.03. The number of aromatic hydroxyl groups is 1. The van der Waals surface area contributed by atoms with Crippen LogP contribution in [0.3, 0.4) is 0 Å². The van der Waals surface area contributed by atoms with Crippen LogP contribution < -0.4 is 11.5 Å². The first kappa shape index (κ1) is 12.0. The van der Waals surface area contributed by atoms with Gasteiger partial charge in [0.25, 0.3) is 0 Å². The molecule has 0 fully saturated rings. The van der Waals surface area contributed by atoms with Crippen molar-refractivity contribution in [3.8, 4) is 5.75 Å². The molecule has 0 amide bonds. The van der Waals surface area contributed by atoms with Crippen molar-refractivity contribution in [2.45, 2.75) is 32.7 Å². The molecular weight excluding hydrogens is 188 g/mol. The van der Waals surface area contributed by atoms with Gasteiger partial charge in [0, 0.05) is 6.04 Å². The van der Waals surface area contributed by atoms with E-state index in [0.717, 1.165) is 29.5 Å². The van der Waals surface area contributed by atoms with Crippen molar-refractivity contribution in [2.75, 3.05) is 6.54 Å². The van der Waals surface area contributed by atoms with Crippen molar-refractivity contribution in [3.63, 3.8) is 0 Å². The second-order valence-electron chi connectivity index (χ2n) is 4.03. The minimum Gasteiger partial charge on any atom is -0.508 e. The van der Waals surface area contributed by atoms with E-state index in [9.17, 15) is 5.11 Å². The summed E-state index contributed by atoms with van der Waals surface area (Å²) in [6, 6.07) is 3.53. The molecule has 0 radical (unpaired) electrons. The lowest BCUT2D eigenvalue weighted by Crippen LogP contribution is -2.15. The molecule has 84 valence electrons. The lowest BCUT2D eigenvalue weighted by molar-refractivity contribution is 0.473. The molecule has 0 aliphatic carbocycles. The Bertz CT molecular complexity index is 313. The third-order valence-corrected chi connectivity index (χ3v) is 2.67. The molecular formula is C12H20N2O. The molecule has 1 atom stereocenters. The molecule has 3 heteroatoms. The van der Waals surface area contributed by atoms with Crippen LogP contribution in [-0.4, -0.2) is 11.7 Å². The van der Waals surface area contributed by atoms with Crippen molar-refractivity contribution < 1.29 is 5.11 Å². The molecule has 15 heavy (non-hydrogen) atoms. The van der Waals surface area contributed by atoms with Gasteiger partial charge in [0.15, 0.2) is 0 Å². The van der Waals surface area contributed by atoms with Crippen LogP contribution in [0.4, 0.5) is 0 Å². The number of hydrogen-bond acceptors (Lipinski definition) is 3. The summed E-state index contributed by atoms with van der Waals surface area (Å²) in [4.78, 5) is 0. The van der Waals surface area contributed by atoms with Crippen LogP contribution in [0.1, 0.15) is 35.6 Å². The molecule has 3 nitrogen and oxygen atoms in total. The number of nitrogens with two attached hydrogens (primary N) is 2. The average Bonchev–Trinajstić information content (AvgIpc) is 2.12. The summed E-state index contributed by atoms with van der Waals surface area (Å²) in [6.07, 6.45) is 1.82. The first-order valence-corrected chi connectivity index (χ1v) is 5.32. The summed E-state index contributed by atoms with van der Waals surface area (Å²) in [5, 5.41) is 9.42. The van der Waals surface area contributed by atoms with E-state index < -0.39 is 0 Å². The molecule has 1 aromatic carbocycles. The Morgan fingerprint density at radius 3 is 2.27 bits per heavy atom. The third-order valence-electron chi connectivity index (χ3n) is 2.67. The fourth-order valence-electron chi connectivity index (χ4n) is 2.02. The van der Waals surface area contributed by atoms with Crippen molar-refractivity contribution in [1.29, 1.82) is 0 Å². The summed E-state index contributed by atoms with van der Waals surface area (Å²) in [7, 11) is 0. The predicted octanol–water partition coefficient (Wildman–Crippen LogP) is 1.75. The number of phenols is 1. The maximum atomic E-state index is 9.42. The van der Waals surface area contributed by atoms with E-state index in [1.807, 2.05) is 13.8 Å². The van der Waals surface area contributed by atoms with Gasteiger partial charge in [-0.15, -0.1) is 0 Å². The summed E-state index contributed by atoms with van der Waals surface area (Å²) in [5.74, 6) is 0.305. The zero-order chi connectivity index (χ0) is 11.4. The Hall–Kier alpha value is -1.06. The van der Waals surface area contributed by atoms with Gasteiger partial charge in [-0.2, -0.15) is 0 Å². The topological polar surface area (TPSA) is 72.3 Å². The molecule has 1 rings (SSSR count). The number of benzene rings is 1. The predicted molar refractivity (Wildman–Crippen MR) is 62.8 cm³/mol. The van der Waals surface area contributed by atoms with Gasteiger partial charge in [-0.3, -0.25) is 0 Å². The molecule has 0 bridgehead atoms. The molecule has 5 N–H and O–H groups in total. The van der Waals surface area contributed by atoms with Gasteiger partial charge in [-0.25, -0.2) is 0 Å². The minimum atomic E-state index is 0.0224. The van der Waals surface area contributed by atoms with Gasteiger partial charge in [0.1, 0.15) is 5.75 Å². The zero-order valence-electron chi connectivity index (χ0n) is 9.46. The van der Waals surface area contributed by atoms with Crippen LogP contribution in [0.2, 0.25) is 0 Å². The van der Waals surface area contributed by atoms with Crippen LogP contribution >= 0.6 is 0 Å². The van der Waals surface area contributed by atoms with Gasteiger partial charge in [0.2, 0.25) is 0 Å². The normalized spacial score (nSPS) is 12.8. The standard InChI is InChI=1S/C12H20N2O/c1-8-6-10(15)7-9(2)12(8)11(14)4-3-5-13/h6-7,11,15H,3-5,13-14H2,1-2H3/t11-/m0/s1. The van der Waals surface area contributed by atoms with Crippen molar-refractivity contribution in [2.24, 2.45) is 11.5 Å². The van der Waals surface area contributed by atoms with Crippen molar-refractivity contribution in [1.82, 2.24) is 0 Å². The molecule has 0 heterocycles. The number of hydrogen-bond donors (Lipinski definition) is 3. The maximum Gasteiger partial charge on any atom is 0.116 e. The minimum absolute atomic E-state index is 0.0224. The summed E-state index contributed by atoms with van der Waals surface area (Å²) in [5.41, 5.74) is 14.8. The zero-order valence-corrected chi connectivity index (χ0v) is 9.46. The molecule has 0 aliphatic rings. The molecule has 0 saturated heterocycles. The molecule has 1 aromatic rings. The average molecular weight is 208 g/mol. The highest BCUT2D eigenvalue weighted by Crippen LogP contribution is 2.27. The van der Waals surface area contributed by atoms with E-state index in [1.54, 1.807) is 12.1 Å². The highest BCUT2D eigenvalue weighted by Gasteiger charge is 2.12. The molecule has 0 spiro atoms. The molecule has 0 aromatic heterocycles. The van der Waals surface area contributed by atoms with Gasteiger partial charge < -0.3 is 16.6 Å². The van der Waals surface area contributed by atoms with Gasteiger partial charge >= 0.3 is 0 Å². The van der Waals surface area contributed by atoms with Crippen LogP contribution in [-0.2, 0) is 0 Å². The van der Waals surface area contributed by atoms with Gasteiger partial charge in [-0.1, -0.05) is 0 Å². The maximum absolute atomic E-state index is 9.42. The van der Waals surface area contributed by atoms with Crippen LogP contribution in [0, 0.1) is 13.8 Å². The molecule has 0 unspecified atom stereocenters. The number of rotatable bonds is 4. The van der Waals surface area contributed by atoms with Crippen LogP contribution in [0.5, 0.6) is 5.75 Å². The highest BCUT2D eigenvalue weighted by atomic mass is 16.3. The third kappa shape index (κ3) is 2.94. The Labute approximate surface area is 91.1 Å². The smallest absolute Gasteiger partial charge is 0.116 e. The monoisotopic (exact) mass is 208 g/mol. The van der Waals surface area contributed by atoms with Crippen molar-refractivity contribution in [3.05, 3.63) is 28.8 Å². The van der Waals surface area contributed by atoms with E-state index >= 15 is 0 Å². The Morgan fingerprint density at radius 2 is 1.80 bits per heavy atom. The van der Waals surface area contributed by atoms with E-state index in [-0.39, 0.29) is 6.04 Å². The van der Waals surface area contributed by atoms with E-state index in [1.165, 1.54) is 0 Å².